The molecule has 2 N–H and O–H groups in total. The molecular formula is C23H24ClN3O. The molecule has 2 bridgehead atoms. The molecule has 0 saturated carbocycles. The van der Waals surface area contributed by atoms with Crippen molar-refractivity contribution in [2.75, 3.05) is 0 Å². The molecule has 1 amide bonds. The highest BCUT2D eigenvalue weighted by molar-refractivity contribution is 6.30. The van der Waals surface area contributed by atoms with Gasteiger partial charge in [-0.1, -0.05) is 29.8 Å². The number of carbonyl (C=O) groups excluding carboxylic acids is 1. The number of hydrogen-bond acceptors (Lipinski definition) is 2. The SMILES string of the molecule is NC(=O)c1ccc2ccn(C3CC4CCC(C3)N4Cc3ccc(Cl)cc3)c2c1. The Morgan fingerprint density at radius 3 is 2.39 bits per heavy atom. The normalized spacial score (nSPS) is 24.7. The van der Waals surface area contributed by atoms with E-state index in [4.69, 9.17) is 17.3 Å². The van der Waals surface area contributed by atoms with E-state index < -0.39 is 0 Å². The Morgan fingerprint density at radius 1 is 1.00 bits per heavy atom. The number of primary amides is 1. The molecule has 28 heavy (non-hydrogen) atoms. The van der Waals surface area contributed by atoms with Gasteiger partial charge in [-0.25, -0.2) is 0 Å². The van der Waals surface area contributed by atoms with Crippen LogP contribution in [0.25, 0.3) is 10.9 Å². The molecule has 2 unspecified atom stereocenters. The minimum atomic E-state index is -0.368. The Morgan fingerprint density at radius 2 is 1.71 bits per heavy atom. The molecule has 5 rings (SSSR count). The summed E-state index contributed by atoms with van der Waals surface area (Å²) in [6, 6.07) is 17.8. The lowest BCUT2D eigenvalue weighted by molar-refractivity contribution is 0.0997. The lowest BCUT2D eigenvalue weighted by Crippen LogP contribution is -2.42. The van der Waals surface area contributed by atoms with E-state index in [0.29, 0.717) is 23.7 Å². The fraction of sp³-hybridized carbons (Fsp3) is 0.348. The van der Waals surface area contributed by atoms with Gasteiger partial charge in [0.1, 0.15) is 0 Å². The quantitative estimate of drug-likeness (QED) is 0.694. The number of fused-ring (bicyclic) bond motifs is 3. The standard InChI is InChI=1S/C23H24ClN3O/c24-18-5-1-15(2-6-18)14-27-19-7-8-20(27)13-21(12-19)26-10-9-16-3-4-17(23(25)28)11-22(16)26/h1-6,9-11,19-21H,7-8,12-14H2,(H2,25,28). The molecule has 1 aromatic heterocycles. The van der Waals surface area contributed by atoms with Gasteiger partial charge in [0.15, 0.2) is 0 Å². The van der Waals surface area contributed by atoms with Crippen LogP contribution in [-0.2, 0) is 6.54 Å². The van der Waals surface area contributed by atoms with Crippen LogP contribution in [0, 0.1) is 0 Å². The first-order valence-electron chi connectivity index (χ1n) is 9.99. The van der Waals surface area contributed by atoms with E-state index in [1.807, 2.05) is 30.3 Å². The van der Waals surface area contributed by atoms with Gasteiger partial charge in [0, 0.05) is 47.0 Å². The van der Waals surface area contributed by atoms with Crippen molar-refractivity contribution in [1.82, 2.24) is 9.47 Å². The summed E-state index contributed by atoms with van der Waals surface area (Å²) in [5.41, 5.74) is 8.52. The summed E-state index contributed by atoms with van der Waals surface area (Å²) in [5.74, 6) is -0.368. The maximum Gasteiger partial charge on any atom is 0.248 e. The number of amides is 1. The van der Waals surface area contributed by atoms with Crippen LogP contribution in [0.1, 0.15) is 47.6 Å². The van der Waals surface area contributed by atoms with Crippen LogP contribution in [0.15, 0.2) is 54.7 Å². The van der Waals surface area contributed by atoms with Crippen molar-refractivity contribution in [3.8, 4) is 0 Å². The molecule has 4 nitrogen and oxygen atoms in total. The Balaban J connectivity index is 1.38. The molecule has 3 aromatic rings. The molecule has 5 heteroatoms. The molecule has 144 valence electrons. The highest BCUT2D eigenvalue weighted by atomic mass is 35.5. The molecule has 3 heterocycles. The number of aromatic nitrogens is 1. The van der Waals surface area contributed by atoms with E-state index in [-0.39, 0.29) is 5.91 Å². The Labute approximate surface area is 169 Å². The average Bonchev–Trinajstić information content (AvgIpc) is 3.20. The second-order valence-corrected chi connectivity index (χ2v) is 8.61. The number of rotatable bonds is 4. The zero-order chi connectivity index (χ0) is 19.3. The number of nitrogens with zero attached hydrogens (tertiary/aromatic N) is 2. The van der Waals surface area contributed by atoms with Crippen LogP contribution < -0.4 is 5.73 Å². The summed E-state index contributed by atoms with van der Waals surface area (Å²) in [4.78, 5) is 14.3. The first-order valence-corrected chi connectivity index (χ1v) is 10.4. The third kappa shape index (κ3) is 3.11. The summed E-state index contributed by atoms with van der Waals surface area (Å²) in [6.45, 7) is 0.997. The first-order chi connectivity index (χ1) is 13.6. The van der Waals surface area contributed by atoms with E-state index in [0.717, 1.165) is 29.9 Å². The van der Waals surface area contributed by atoms with Gasteiger partial charge in [-0.15, -0.1) is 0 Å². The van der Waals surface area contributed by atoms with Crippen LogP contribution in [0.4, 0.5) is 0 Å². The van der Waals surface area contributed by atoms with E-state index in [1.54, 1.807) is 0 Å². The summed E-state index contributed by atoms with van der Waals surface area (Å²) in [6.07, 6.45) is 7.00. The van der Waals surface area contributed by atoms with Crippen LogP contribution in [-0.4, -0.2) is 27.5 Å². The molecule has 2 atom stereocenters. The second-order valence-electron chi connectivity index (χ2n) is 8.17. The maximum atomic E-state index is 11.6. The molecule has 0 spiro atoms. The zero-order valence-electron chi connectivity index (χ0n) is 15.7. The average molecular weight is 394 g/mol. The van der Waals surface area contributed by atoms with Gasteiger partial charge in [0.05, 0.1) is 0 Å². The minimum absolute atomic E-state index is 0.368. The molecular weight excluding hydrogens is 370 g/mol. The fourth-order valence-corrected chi connectivity index (χ4v) is 5.28. The van der Waals surface area contributed by atoms with E-state index in [9.17, 15) is 4.79 Å². The molecule has 0 aliphatic carbocycles. The van der Waals surface area contributed by atoms with Gasteiger partial charge in [-0.05, 0) is 67.0 Å². The van der Waals surface area contributed by atoms with Crippen molar-refractivity contribution in [1.29, 1.82) is 0 Å². The van der Waals surface area contributed by atoms with Crippen molar-refractivity contribution in [3.63, 3.8) is 0 Å². The van der Waals surface area contributed by atoms with Crippen LogP contribution >= 0.6 is 11.6 Å². The first kappa shape index (κ1) is 17.8. The van der Waals surface area contributed by atoms with Crippen LogP contribution in [0.3, 0.4) is 0 Å². The third-order valence-electron chi connectivity index (χ3n) is 6.54. The zero-order valence-corrected chi connectivity index (χ0v) is 16.5. The summed E-state index contributed by atoms with van der Waals surface area (Å²) < 4.78 is 2.37. The number of benzene rings is 2. The molecule has 0 radical (unpaired) electrons. The fourth-order valence-electron chi connectivity index (χ4n) is 5.15. The topological polar surface area (TPSA) is 51.3 Å². The monoisotopic (exact) mass is 393 g/mol. The van der Waals surface area contributed by atoms with Gasteiger partial charge in [-0.3, -0.25) is 9.69 Å². The second kappa shape index (κ2) is 6.94. The molecule has 2 saturated heterocycles. The van der Waals surface area contributed by atoms with Gasteiger partial charge in [0.2, 0.25) is 5.91 Å². The van der Waals surface area contributed by atoms with Crippen molar-refractivity contribution < 1.29 is 4.79 Å². The van der Waals surface area contributed by atoms with Crippen molar-refractivity contribution >= 4 is 28.4 Å². The van der Waals surface area contributed by atoms with Gasteiger partial charge < -0.3 is 10.3 Å². The predicted octanol–water partition coefficient (Wildman–Crippen LogP) is 4.76. The summed E-state index contributed by atoms with van der Waals surface area (Å²) in [5, 5.41) is 1.96. The van der Waals surface area contributed by atoms with Gasteiger partial charge in [0.25, 0.3) is 0 Å². The van der Waals surface area contributed by atoms with Crippen LogP contribution in [0.5, 0.6) is 0 Å². The van der Waals surface area contributed by atoms with Crippen molar-refractivity contribution in [2.45, 2.75) is 50.4 Å². The third-order valence-corrected chi connectivity index (χ3v) is 6.79. The predicted molar refractivity (Wildman–Crippen MR) is 113 cm³/mol. The van der Waals surface area contributed by atoms with Crippen molar-refractivity contribution in [2.24, 2.45) is 5.73 Å². The maximum absolute atomic E-state index is 11.6. The number of hydrogen-bond donors (Lipinski definition) is 1. The Kier molecular flexibility index (Phi) is 4.41. The van der Waals surface area contributed by atoms with E-state index in [2.05, 4.69) is 33.9 Å². The number of piperidine rings is 1. The number of halogens is 1. The lowest BCUT2D eigenvalue weighted by atomic mass is 9.96. The van der Waals surface area contributed by atoms with E-state index in [1.165, 1.54) is 23.8 Å². The molecule has 2 aliphatic rings. The Hall–Kier alpha value is -2.30. The highest BCUT2D eigenvalue weighted by Gasteiger charge is 2.41. The van der Waals surface area contributed by atoms with Gasteiger partial charge in [-0.2, -0.15) is 0 Å². The summed E-state index contributed by atoms with van der Waals surface area (Å²) in [7, 11) is 0. The minimum Gasteiger partial charge on any atom is -0.366 e. The lowest BCUT2D eigenvalue weighted by Gasteiger charge is -2.40. The number of nitrogens with two attached hydrogens (primary N) is 1. The smallest absolute Gasteiger partial charge is 0.248 e. The number of carbonyl (C=O) groups is 1. The van der Waals surface area contributed by atoms with E-state index >= 15 is 0 Å². The molecule has 2 fully saturated rings. The van der Waals surface area contributed by atoms with Crippen molar-refractivity contribution in [3.05, 3.63) is 70.9 Å². The van der Waals surface area contributed by atoms with Crippen LogP contribution in [0.2, 0.25) is 5.02 Å². The molecule has 2 aliphatic heterocycles. The molecule has 2 aromatic carbocycles. The largest absolute Gasteiger partial charge is 0.366 e. The van der Waals surface area contributed by atoms with Gasteiger partial charge >= 0.3 is 0 Å². The highest BCUT2D eigenvalue weighted by Crippen LogP contribution is 2.42. The summed E-state index contributed by atoms with van der Waals surface area (Å²) >= 11 is 6.03. The Bertz CT molecular complexity index is 1010.